The smallest absolute Gasteiger partial charge is 0.341 e. The molecule has 0 radical (unpaired) electrons. The average Bonchev–Trinajstić information content (AvgIpc) is 2.85. The summed E-state index contributed by atoms with van der Waals surface area (Å²) in [4.78, 5) is 10.1. The Hall–Kier alpha value is -1.20. The monoisotopic (exact) mass is 334 g/mol. The molecular formula is C9H10F4N2O3S2. The number of amides is 1. The zero-order valence-corrected chi connectivity index (χ0v) is 11.4. The zero-order chi connectivity index (χ0) is 15.6. The predicted molar refractivity (Wildman–Crippen MR) is 63.8 cm³/mol. The van der Waals surface area contributed by atoms with Crippen molar-refractivity contribution in [1.82, 2.24) is 5.32 Å². The number of carbonyl (C=O) groups excluding carboxylic acids is 1. The van der Waals surface area contributed by atoms with Crippen LogP contribution in [0.5, 0.6) is 0 Å². The van der Waals surface area contributed by atoms with Crippen LogP contribution < -0.4 is 11.1 Å². The van der Waals surface area contributed by atoms with Crippen LogP contribution in [-0.2, 0) is 9.84 Å². The number of hydrogen-bond acceptors (Lipinski definition) is 5. The minimum absolute atomic E-state index is 0.559. The average molecular weight is 334 g/mol. The highest BCUT2D eigenvalue weighted by molar-refractivity contribution is 7.92. The third kappa shape index (κ3) is 3.67. The third-order valence-corrected chi connectivity index (χ3v) is 4.65. The second-order valence-corrected chi connectivity index (χ2v) is 6.46. The second-order valence-electron chi connectivity index (χ2n) is 3.66. The molecule has 0 aliphatic rings. The predicted octanol–water partition coefficient (Wildman–Crippen LogP) is 1.07. The lowest BCUT2D eigenvalue weighted by atomic mass is 10.3. The van der Waals surface area contributed by atoms with Crippen molar-refractivity contribution < 1.29 is 30.8 Å². The van der Waals surface area contributed by atoms with Crippen molar-refractivity contribution in [2.24, 2.45) is 5.73 Å². The maximum atomic E-state index is 12.8. The number of sulfone groups is 1. The molecule has 3 N–H and O–H groups in total. The van der Waals surface area contributed by atoms with Crippen molar-refractivity contribution in [3.8, 4) is 0 Å². The van der Waals surface area contributed by atoms with Gasteiger partial charge in [-0.15, -0.1) is 11.3 Å². The van der Waals surface area contributed by atoms with Crippen LogP contribution in [0.2, 0.25) is 0 Å². The molecule has 20 heavy (non-hydrogen) atoms. The SMILES string of the molecule is NCC(F)(F)CNC(=O)c1sccc1S(=O)(=O)C(F)F. The summed E-state index contributed by atoms with van der Waals surface area (Å²) in [6.45, 7) is -2.13. The molecule has 5 nitrogen and oxygen atoms in total. The van der Waals surface area contributed by atoms with Crippen LogP contribution in [0.25, 0.3) is 0 Å². The Morgan fingerprint density at radius 1 is 1.45 bits per heavy atom. The molecule has 0 atom stereocenters. The number of carbonyl (C=O) groups is 1. The van der Waals surface area contributed by atoms with Crippen LogP contribution in [0.15, 0.2) is 16.3 Å². The van der Waals surface area contributed by atoms with E-state index >= 15 is 0 Å². The van der Waals surface area contributed by atoms with Gasteiger partial charge in [-0.25, -0.2) is 17.2 Å². The maximum absolute atomic E-state index is 12.8. The second kappa shape index (κ2) is 6.06. The van der Waals surface area contributed by atoms with E-state index in [4.69, 9.17) is 5.73 Å². The quantitative estimate of drug-likeness (QED) is 0.762. The van der Waals surface area contributed by atoms with E-state index in [-0.39, 0.29) is 0 Å². The van der Waals surface area contributed by atoms with Gasteiger partial charge in [0.2, 0.25) is 9.84 Å². The lowest BCUT2D eigenvalue weighted by Crippen LogP contribution is -2.41. The molecule has 0 bridgehead atoms. The first-order valence-corrected chi connectivity index (χ1v) is 7.50. The maximum Gasteiger partial charge on any atom is 0.341 e. The molecule has 0 fully saturated rings. The van der Waals surface area contributed by atoms with E-state index in [9.17, 15) is 30.8 Å². The lowest BCUT2D eigenvalue weighted by Gasteiger charge is -2.14. The fraction of sp³-hybridized carbons (Fsp3) is 0.444. The van der Waals surface area contributed by atoms with Crippen LogP contribution in [0.3, 0.4) is 0 Å². The van der Waals surface area contributed by atoms with Gasteiger partial charge in [0.25, 0.3) is 11.8 Å². The van der Waals surface area contributed by atoms with Crippen molar-refractivity contribution in [2.75, 3.05) is 13.1 Å². The van der Waals surface area contributed by atoms with E-state index in [1.54, 1.807) is 5.32 Å². The van der Waals surface area contributed by atoms with Gasteiger partial charge < -0.3 is 11.1 Å². The fourth-order valence-corrected chi connectivity index (χ4v) is 3.23. The summed E-state index contributed by atoms with van der Waals surface area (Å²) in [5.41, 5.74) is 4.76. The molecular weight excluding hydrogens is 324 g/mol. The summed E-state index contributed by atoms with van der Waals surface area (Å²) in [7, 11) is -4.96. The first kappa shape index (κ1) is 16.9. The highest BCUT2D eigenvalue weighted by Gasteiger charge is 2.33. The first-order chi connectivity index (χ1) is 9.12. The fourth-order valence-electron chi connectivity index (χ4n) is 1.15. The topological polar surface area (TPSA) is 89.3 Å². The van der Waals surface area contributed by atoms with Crippen LogP contribution in [0.1, 0.15) is 9.67 Å². The number of thiophene rings is 1. The van der Waals surface area contributed by atoms with Crippen molar-refractivity contribution in [3.05, 3.63) is 16.3 Å². The summed E-state index contributed by atoms with van der Waals surface area (Å²) >= 11 is 0.559. The van der Waals surface area contributed by atoms with Crippen LogP contribution in [0, 0.1) is 0 Å². The molecule has 0 aromatic carbocycles. The van der Waals surface area contributed by atoms with Crippen molar-refractivity contribution in [1.29, 1.82) is 0 Å². The standard InChI is InChI=1S/C9H10F4N2O3S2/c10-8(11)20(17,18)5-1-2-19-6(5)7(16)15-4-9(12,13)3-14/h1-2,8H,3-4,14H2,(H,15,16). The van der Waals surface area contributed by atoms with Crippen LogP contribution >= 0.6 is 11.3 Å². The van der Waals surface area contributed by atoms with E-state index in [1.807, 2.05) is 0 Å². The Kier molecular flexibility index (Phi) is 5.10. The van der Waals surface area contributed by atoms with Crippen molar-refractivity contribution in [2.45, 2.75) is 16.6 Å². The summed E-state index contributed by atoms with van der Waals surface area (Å²) in [6, 6.07) is 0.822. The first-order valence-electron chi connectivity index (χ1n) is 5.07. The zero-order valence-electron chi connectivity index (χ0n) is 9.78. The Bertz CT molecular complexity index is 586. The van der Waals surface area contributed by atoms with Gasteiger partial charge in [0.1, 0.15) is 4.88 Å². The molecule has 0 saturated heterocycles. The van der Waals surface area contributed by atoms with Gasteiger partial charge in [-0.05, 0) is 11.4 Å². The lowest BCUT2D eigenvalue weighted by molar-refractivity contribution is 0.0119. The molecule has 1 rings (SSSR count). The Morgan fingerprint density at radius 3 is 2.55 bits per heavy atom. The summed E-state index contributed by atoms with van der Waals surface area (Å²) in [5, 5.41) is 2.86. The van der Waals surface area contributed by atoms with Crippen molar-refractivity contribution in [3.63, 3.8) is 0 Å². The summed E-state index contributed by atoms with van der Waals surface area (Å²) in [6.07, 6.45) is 0. The summed E-state index contributed by atoms with van der Waals surface area (Å²) < 4.78 is 73.0. The Balaban J connectivity index is 2.95. The van der Waals surface area contributed by atoms with Crippen LogP contribution in [-0.4, -0.2) is 39.1 Å². The molecule has 114 valence electrons. The Labute approximate surface area is 115 Å². The highest BCUT2D eigenvalue weighted by Crippen LogP contribution is 2.26. The molecule has 0 saturated carbocycles. The molecule has 0 unspecified atom stereocenters. The number of hydrogen-bond donors (Lipinski definition) is 2. The van der Waals surface area contributed by atoms with E-state index in [1.165, 1.54) is 0 Å². The van der Waals surface area contributed by atoms with E-state index in [0.717, 1.165) is 11.4 Å². The van der Waals surface area contributed by atoms with Crippen molar-refractivity contribution >= 4 is 27.1 Å². The molecule has 0 aliphatic heterocycles. The number of nitrogens with one attached hydrogen (secondary N) is 1. The Morgan fingerprint density at radius 2 is 2.05 bits per heavy atom. The van der Waals surface area contributed by atoms with Gasteiger partial charge in [0.05, 0.1) is 18.0 Å². The van der Waals surface area contributed by atoms with E-state index in [0.29, 0.717) is 11.3 Å². The van der Waals surface area contributed by atoms with Gasteiger partial charge in [-0.1, -0.05) is 0 Å². The number of alkyl halides is 4. The number of halogens is 4. The van der Waals surface area contributed by atoms with E-state index < -0.39 is 50.3 Å². The molecule has 1 amide bonds. The van der Waals surface area contributed by atoms with Gasteiger partial charge in [0.15, 0.2) is 0 Å². The van der Waals surface area contributed by atoms with Gasteiger partial charge in [-0.3, -0.25) is 4.79 Å². The largest absolute Gasteiger partial charge is 0.345 e. The summed E-state index contributed by atoms with van der Waals surface area (Å²) in [5.74, 6) is -8.24. The van der Waals surface area contributed by atoms with Gasteiger partial charge in [-0.2, -0.15) is 8.78 Å². The van der Waals surface area contributed by atoms with Gasteiger partial charge >= 0.3 is 5.76 Å². The van der Waals surface area contributed by atoms with E-state index in [2.05, 4.69) is 0 Å². The molecule has 0 aliphatic carbocycles. The number of nitrogens with two attached hydrogens (primary N) is 1. The molecule has 11 heteroatoms. The van der Waals surface area contributed by atoms with Gasteiger partial charge in [0, 0.05) is 0 Å². The van der Waals surface area contributed by atoms with Crippen LogP contribution in [0.4, 0.5) is 17.6 Å². The number of rotatable bonds is 6. The minimum atomic E-state index is -4.96. The third-order valence-electron chi connectivity index (χ3n) is 2.18. The molecule has 1 heterocycles. The molecule has 1 aromatic rings. The normalized spacial score (nSPS) is 12.7. The minimum Gasteiger partial charge on any atom is -0.345 e. The molecule has 1 aromatic heterocycles. The highest BCUT2D eigenvalue weighted by atomic mass is 32.2. The molecule has 0 spiro atoms.